The van der Waals surface area contributed by atoms with E-state index in [1.165, 1.54) is 19.8 Å². The molecule has 0 aromatic heterocycles. The molecule has 2 saturated heterocycles. The van der Waals surface area contributed by atoms with Gasteiger partial charge in [0, 0.05) is 19.4 Å². The molecule has 3 nitrogen and oxygen atoms in total. The maximum absolute atomic E-state index is 11.6. The minimum Gasteiger partial charge on any atom is -0.453 e. The van der Waals surface area contributed by atoms with Gasteiger partial charge in [-0.1, -0.05) is 36.8 Å². The molecular formula is C16H22ClNO2. The maximum atomic E-state index is 11.6. The van der Waals surface area contributed by atoms with Crippen molar-refractivity contribution in [2.24, 2.45) is 0 Å². The molecule has 2 fully saturated rings. The lowest BCUT2D eigenvalue weighted by molar-refractivity contribution is -0.161. The third-order valence-corrected chi connectivity index (χ3v) is 4.75. The molecule has 3 unspecified atom stereocenters. The summed E-state index contributed by atoms with van der Waals surface area (Å²) < 4.78 is 5.89. The molecule has 1 aromatic carbocycles. The van der Waals surface area contributed by atoms with Crippen molar-refractivity contribution in [1.82, 2.24) is 4.90 Å². The summed E-state index contributed by atoms with van der Waals surface area (Å²) >= 11 is 0. The molecule has 110 valence electrons. The van der Waals surface area contributed by atoms with E-state index >= 15 is 0 Å². The Balaban J connectivity index is 0.00000147. The number of fused-ring (bicyclic) bond motifs is 2. The first-order valence-corrected chi connectivity index (χ1v) is 7.10. The highest BCUT2D eigenvalue weighted by atomic mass is 35.5. The van der Waals surface area contributed by atoms with Gasteiger partial charge in [-0.05, 0) is 25.5 Å². The molecule has 2 aliphatic heterocycles. The van der Waals surface area contributed by atoms with Crippen molar-refractivity contribution in [2.75, 3.05) is 7.05 Å². The fourth-order valence-electron chi connectivity index (χ4n) is 3.96. The number of benzene rings is 1. The van der Waals surface area contributed by atoms with Gasteiger partial charge in [-0.3, -0.25) is 9.69 Å². The lowest BCUT2D eigenvalue weighted by Gasteiger charge is -2.38. The average Bonchev–Trinajstić information content (AvgIpc) is 2.57. The summed E-state index contributed by atoms with van der Waals surface area (Å²) in [6.45, 7) is 1.52. The van der Waals surface area contributed by atoms with E-state index in [-0.39, 0.29) is 18.4 Å². The molecule has 0 amide bonds. The van der Waals surface area contributed by atoms with Crippen LogP contribution in [-0.4, -0.2) is 30.0 Å². The molecule has 2 bridgehead atoms. The Morgan fingerprint density at radius 1 is 1.30 bits per heavy atom. The second-order valence-corrected chi connectivity index (χ2v) is 5.82. The highest BCUT2D eigenvalue weighted by molar-refractivity contribution is 5.85. The molecule has 3 rings (SSSR count). The Morgan fingerprint density at radius 2 is 2.00 bits per heavy atom. The number of ether oxygens (including phenoxy) is 1. The Kier molecular flexibility index (Phi) is 4.40. The number of nitrogens with zero attached hydrogens (tertiary/aromatic N) is 1. The van der Waals surface area contributed by atoms with E-state index in [2.05, 4.69) is 24.1 Å². The summed E-state index contributed by atoms with van der Waals surface area (Å²) in [5.74, 6) is -0.176. The average molecular weight is 296 g/mol. The van der Waals surface area contributed by atoms with Crippen LogP contribution in [-0.2, 0) is 15.1 Å². The van der Waals surface area contributed by atoms with Gasteiger partial charge >= 0.3 is 5.97 Å². The molecule has 2 heterocycles. The zero-order valence-electron chi connectivity index (χ0n) is 12.0. The number of carbonyl (C=O) groups excluding carboxylic acids is 1. The van der Waals surface area contributed by atoms with Crippen molar-refractivity contribution in [3.05, 3.63) is 35.9 Å². The van der Waals surface area contributed by atoms with E-state index in [0.29, 0.717) is 12.1 Å². The predicted octanol–water partition coefficient (Wildman–Crippen LogP) is 3.12. The summed E-state index contributed by atoms with van der Waals surface area (Å²) in [6.07, 6.45) is 4.48. The third-order valence-electron chi connectivity index (χ3n) is 4.75. The summed E-state index contributed by atoms with van der Waals surface area (Å²) in [5, 5.41) is 0. The van der Waals surface area contributed by atoms with Crippen LogP contribution in [0.1, 0.15) is 38.2 Å². The minimum absolute atomic E-state index is 0. The zero-order chi connectivity index (χ0) is 13.5. The summed E-state index contributed by atoms with van der Waals surface area (Å²) in [5.41, 5.74) is 0.703. The second kappa shape index (κ2) is 5.74. The third kappa shape index (κ3) is 2.33. The minimum atomic E-state index is -0.441. The standard InChI is InChI=1S/C16H21NO2.ClH/c1-12(18)19-16(13-7-4-3-5-8-13)11-14-9-6-10-15(16)17(14)2;/h3-5,7-8,14-15H,6,9-11H2,1-2H3;1H. The summed E-state index contributed by atoms with van der Waals surface area (Å²) in [7, 11) is 2.17. The number of likely N-dealkylation sites (N-methyl/N-ethyl adjacent to an activating group) is 1. The molecule has 0 radical (unpaired) electrons. The second-order valence-electron chi connectivity index (χ2n) is 5.82. The summed E-state index contributed by atoms with van der Waals surface area (Å²) in [4.78, 5) is 14.0. The largest absolute Gasteiger partial charge is 0.453 e. The number of hydrogen-bond donors (Lipinski definition) is 0. The first-order chi connectivity index (χ1) is 9.13. The van der Waals surface area contributed by atoms with E-state index < -0.39 is 5.60 Å². The molecule has 0 aliphatic carbocycles. The predicted molar refractivity (Wildman–Crippen MR) is 80.9 cm³/mol. The number of carbonyl (C=O) groups is 1. The SMILES string of the molecule is CC(=O)OC1(c2ccccc2)CC2CCCC1N2C.Cl. The van der Waals surface area contributed by atoms with Crippen LogP contribution >= 0.6 is 12.4 Å². The monoisotopic (exact) mass is 295 g/mol. The highest BCUT2D eigenvalue weighted by Gasteiger charge is 2.55. The van der Waals surface area contributed by atoms with Crippen molar-refractivity contribution in [3.63, 3.8) is 0 Å². The Labute approximate surface area is 126 Å². The first kappa shape index (κ1) is 15.3. The molecular weight excluding hydrogens is 274 g/mol. The number of esters is 1. The molecule has 0 N–H and O–H groups in total. The number of halogens is 1. The lowest BCUT2D eigenvalue weighted by atomic mass is 9.85. The molecule has 20 heavy (non-hydrogen) atoms. The zero-order valence-corrected chi connectivity index (χ0v) is 12.9. The lowest BCUT2D eigenvalue weighted by Crippen LogP contribution is -2.46. The summed E-state index contributed by atoms with van der Waals surface area (Å²) in [6, 6.07) is 11.1. The Morgan fingerprint density at radius 3 is 2.60 bits per heavy atom. The van der Waals surface area contributed by atoms with Gasteiger partial charge in [-0.15, -0.1) is 12.4 Å². The topological polar surface area (TPSA) is 29.5 Å². The molecule has 4 heteroatoms. The Hall–Kier alpha value is -1.06. The van der Waals surface area contributed by atoms with Gasteiger partial charge in [0.05, 0.1) is 6.04 Å². The van der Waals surface area contributed by atoms with Crippen molar-refractivity contribution in [3.8, 4) is 0 Å². The van der Waals surface area contributed by atoms with E-state index in [1.54, 1.807) is 0 Å². The van der Waals surface area contributed by atoms with Crippen LogP contribution in [0.25, 0.3) is 0 Å². The van der Waals surface area contributed by atoms with Crippen LogP contribution in [0.3, 0.4) is 0 Å². The van der Waals surface area contributed by atoms with Gasteiger partial charge < -0.3 is 4.74 Å². The van der Waals surface area contributed by atoms with Gasteiger partial charge in [0.25, 0.3) is 0 Å². The van der Waals surface area contributed by atoms with E-state index in [0.717, 1.165) is 18.4 Å². The number of hydrogen-bond acceptors (Lipinski definition) is 3. The normalized spacial score (nSPS) is 32.5. The van der Waals surface area contributed by atoms with Crippen molar-refractivity contribution in [2.45, 2.75) is 50.3 Å². The van der Waals surface area contributed by atoms with E-state index in [9.17, 15) is 4.79 Å². The van der Waals surface area contributed by atoms with Gasteiger partial charge in [-0.25, -0.2) is 0 Å². The molecule has 1 aromatic rings. The molecule has 2 aliphatic rings. The van der Waals surface area contributed by atoms with Gasteiger partial charge in [-0.2, -0.15) is 0 Å². The van der Waals surface area contributed by atoms with Crippen LogP contribution in [0, 0.1) is 0 Å². The fraction of sp³-hybridized carbons (Fsp3) is 0.562. The van der Waals surface area contributed by atoms with Gasteiger partial charge in [0.1, 0.15) is 0 Å². The van der Waals surface area contributed by atoms with Crippen LogP contribution < -0.4 is 0 Å². The van der Waals surface area contributed by atoms with E-state index in [1.807, 2.05) is 18.2 Å². The van der Waals surface area contributed by atoms with Crippen LogP contribution in [0.2, 0.25) is 0 Å². The van der Waals surface area contributed by atoms with Crippen molar-refractivity contribution in [1.29, 1.82) is 0 Å². The maximum Gasteiger partial charge on any atom is 0.303 e. The highest BCUT2D eigenvalue weighted by Crippen LogP contribution is 2.49. The Bertz CT molecular complexity index is 479. The van der Waals surface area contributed by atoms with Crippen LogP contribution in [0.4, 0.5) is 0 Å². The van der Waals surface area contributed by atoms with Crippen LogP contribution in [0.5, 0.6) is 0 Å². The molecule has 0 saturated carbocycles. The van der Waals surface area contributed by atoms with Gasteiger partial charge in [0.2, 0.25) is 0 Å². The molecule has 0 spiro atoms. The quantitative estimate of drug-likeness (QED) is 0.785. The number of rotatable bonds is 2. The van der Waals surface area contributed by atoms with Crippen LogP contribution in [0.15, 0.2) is 30.3 Å². The molecule has 3 atom stereocenters. The number of piperidine rings is 1. The van der Waals surface area contributed by atoms with Crippen molar-refractivity contribution >= 4 is 18.4 Å². The van der Waals surface area contributed by atoms with E-state index in [4.69, 9.17) is 4.74 Å². The fourth-order valence-corrected chi connectivity index (χ4v) is 3.96. The first-order valence-electron chi connectivity index (χ1n) is 7.10. The van der Waals surface area contributed by atoms with Gasteiger partial charge in [0.15, 0.2) is 5.60 Å². The smallest absolute Gasteiger partial charge is 0.303 e. The van der Waals surface area contributed by atoms with Crippen molar-refractivity contribution < 1.29 is 9.53 Å².